The van der Waals surface area contributed by atoms with Crippen LogP contribution in [-0.4, -0.2) is 4.98 Å². The van der Waals surface area contributed by atoms with Gasteiger partial charge in [-0.25, -0.2) is 4.98 Å². The number of aromatic nitrogens is 1. The van der Waals surface area contributed by atoms with Crippen molar-refractivity contribution in [1.29, 1.82) is 0 Å². The summed E-state index contributed by atoms with van der Waals surface area (Å²) in [5.41, 5.74) is 7.86. The Bertz CT molecular complexity index is 523. The van der Waals surface area contributed by atoms with Gasteiger partial charge in [0.05, 0.1) is 5.52 Å². The van der Waals surface area contributed by atoms with Crippen molar-refractivity contribution in [3.05, 3.63) is 32.7 Å². The van der Waals surface area contributed by atoms with Crippen LogP contribution in [0.15, 0.2) is 27.1 Å². The van der Waals surface area contributed by atoms with E-state index in [2.05, 4.69) is 49.8 Å². The van der Waals surface area contributed by atoms with Crippen LogP contribution in [0.5, 0.6) is 0 Å². The summed E-state index contributed by atoms with van der Waals surface area (Å²) in [4.78, 5) is 4.40. The van der Waals surface area contributed by atoms with Crippen molar-refractivity contribution in [2.45, 2.75) is 13.3 Å². The first-order valence-corrected chi connectivity index (χ1v) is 6.24. The van der Waals surface area contributed by atoms with Crippen molar-refractivity contribution in [3.63, 3.8) is 0 Å². The van der Waals surface area contributed by atoms with Gasteiger partial charge in [0.15, 0.2) is 0 Å². The first-order valence-electron chi connectivity index (χ1n) is 4.66. The molecule has 4 heteroatoms. The SMILES string of the molecule is CCc1cc2cc(Br)cc(Br)c2nc1N. The van der Waals surface area contributed by atoms with Gasteiger partial charge in [-0.15, -0.1) is 0 Å². The lowest BCUT2D eigenvalue weighted by Gasteiger charge is -2.06. The number of nitrogen functional groups attached to an aromatic ring is 1. The van der Waals surface area contributed by atoms with Crippen LogP contribution in [-0.2, 0) is 6.42 Å². The summed E-state index contributed by atoms with van der Waals surface area (Å²) < 4.78 is 2.00. The Labute approximate surface area is 105 Å². The van der Waals surface area contributed by atoms with Crippen molar-refractivity contribution in [1.82, 2.24) is 4.98 Å². The largest absolute Gasteiger partial charge is 0.383 e. The number of benzene rings is 1. The van der Waals surface area contributed by atoms with Crippen molar-refractivity contribution in [3.8, 4) is 0 Å². The summed E-state index contributed by atoms with van der Waals surface area (Å²) in [6, 6.07) is 6.11. The van der Waals surface area contributed by atoms with E-state index in [1.165, 1.54) is 0 Å². The number of anilines is 1. The van der Waals surface area contributed by atoms with E-state index >= 15 is 0 Å². The Morgan fingerprint density at radius 2 is 2.00 bits per heavy atom. The molecular formula is C11H10Br2N2. The summed E-state index contributed by atoms with van der Waals surface area (Å²) >= 11 is 6.94. The standard InChI is InChI=1S/C11H10Br2N2/c1-2-6-3-7-4-8(12)5-9(13)10(7)15-11(6)14/h3-5H,2H2,1H3,(H2,14,15). The Balaban J connectivity index is 2.81. The zero-order valence-corrected chi connectivity index (χ0v) is 11.4. The minimum absolute atomic E-state index is 0.619. The fraction of sp³-hybridized carbons (Fsp3) is 0.182. The van der Waals surface area contributed by atoms with Crippen molar-refractivity contribution in [2.24, 2.45) is 0 Å². The number of rotatable bonds is 1. The molecule has 2 aromatic rings. The van der Waals surface area contributed by atoms with Crippen LogP contribution in [0.1, 0.15) is 12.5 Å². The Hall–Kier alpha value is -0.610. The number of hydrogen-bond donors (Lipinski definition) is 1. The number of aryl methyl sites for hydroxylation is 1. The number of halogens is 2. The quantitative estimate of drug-likeness (QED) is 0.861. The molecule has 0 atom stereocenters. The molecule has 0 spiro atoms. The Kier molecular flexibility index (Phi) is 2.98. The van der Waals surface area contributed by atoms with E-state index in [-0.39, 0.29) is 0 Å². The van der Waals surface area contributed by atoms with Crippen LogP contribution in [0.25, 0.3) is 10.9 Å². The Morgan fingerprint density at radius 1 is 1.27 bits per heavy atom. The van der Waals surface area contributed by atoms with Gasteiger partial charge in [-0.05, 0) is 46.1 Å². The highest BCUT2D eigenvalue weighted by atomic mass is 79.9. The zero-order chi connectivity index (χ0) is 11.0. The van der Waals surface area contributed by atoms with Crippen molar-refractivity contribution < 1.29 is 0 Å². The predicted octanol–water partition coefficient (Wildman–Crippen LogP) is 3.90. The maximum absolute atomic E-state index is 5.86. The molecule has 78 valence electrons. The van der Waals surface area contributed by atoms with Gasteiger partial charge in [0, 0.05) is 14.3 Å². The Morgan fingerprint density at radius 3 is 2.67 bits per heavy atom. The molecule has 1 aromatic heterocycles. The smallest absolute Gasteiger partial charge is 0.127 e. The molecule has 0 fully saturated rings. The van der Waals surface area contributed by atoms with E-state index in [0.717, 1.165) is 31.8 Å². The van der Waals surface area contributed by atoms with Gasteiger partial charge >= 0.3 is 0 Å². The average Bonchev–Trinajstić information content (AvgIpc) is 2.18. The highest BCUT2D eigenvalue weighted by molar-refractivity contribution is 9.11. The summed E-state index contributed by atoms with van der Waals surface area (Å²) in [7, 11) is 0. The summed E-state index contributed by atoms with van der Waals surface area (Å²) in [6.45, 7) is 2.08. The van der Waals surface area contributed by atoms with Gasteiger partial charge in [-0.2, -0.15) is 0 Å². The monoisotopic (exact) mass is 328 g/mol. The van der Waals surface area contributed by atoms with E-state index < -0.39 is 0 Å². The molecule has 0 bridgehead atoms. The highest BCUT2D eigenvalue weighted by Crippen LogP contribution is 2.29. The first kappa shape index (κ1) is 10.9. The summed E-state index contributed by atoms with van der Waals surface area (Å²) in [6.07, 6.45) is 0.902. The lowest BCUT2D eigenvalue weighted by Crippen LogP contribution is -1.97. The van der Waals surface area contributed by atoms with Crippen LogP contribution in [0.2, 0.25) is 0 Å². The van der Waals surface area contributed by atoms with Crippen molar-refractivity contribution in [2.75, 3.05) is 5.73 Å². The zero-order valence-electron chi connectivity index (χ0n) is 8.22. The van der Waals surface area contributed by atoms with Gasteiger partial charge in [0.25, 0.3) is 0 Å². The number of pyridine rings is 1. The molecule has 2 N–H and O–H groups in total. The molecule has 0 saturated heterocycles. The van der Waals surface area contributed by atoms with Crippen LogP contribution in [0.3, 0.4) is 0 Å². The summed E-state index contributed by atoms with van der Waals surface area (Å²) in [5.74, 6) is 0.619. The second kappa shape index (κ2) is 4.10. The molecule has 0 aliphatic heterocycles. The molecule has 1 aromatic carbocycles. The number of fused-ring (bicyclic) bond motifs is 1. The van der Waals surface area contributed by atoms with Gasteiger partial charge < -0.3 is 5.73 Å². The third-order valence-corrected chi connectivity index (χ3v) is 3.39. The predicted molar refractivity (Wildman–Crippen MR) is 70.9 cm³/mol. The molecule has 0 radical (unpaired) electrons. The molecule has 0 aliphatic carbocycles. The fourth-order valence-electron chi connectivity index (χ4n) is 1.55. The maximum Gasteiger partial charge on any atom is 0.127 e. The van der Waals surface area contributed by atoms with Gasteiger partial charge in [0.2, 0.25) is 0 Å². The van der Waals surface area contributed by atoms with Gasteiger partial charge in [0.1, 0.15) is 5.82 Å². The molecule has 0 amide bonds. The van der Waals surface area contributed by atoms with E-state index in [9.17, 15) is 0 Å². The fourth-order valence-corrected chi connectivity index (χ4v) is 2.90. The molecule has 2 rings (SSSR count). The van der Waals surface area contributed by atoms with Crippen LogP contribution < -0.4 is 5.73 Å². The van der Waals surface area contributed by atoms with E-state index in [1.54, 1.807) is 0 Å². The maximum atomic E-state index is 5.86. The van der Waals surface area contributed by atoms with Crippen LogP contribution in [0, 0.1) is 0 Å². The lowest BCUT2D eigenvalue weighted by molar-refractivity contribution is 1.13. The average molecular weight is 330 g/mol. The molecule has 0 aliphatic rings. The second-order valence-corrected chi connectivity index (χ2v) is 5.12. The number of nitrogens with two attached hydrogens (primary N) is 1. The van der Waals surface area contributed by atoms with Crippen molar-refractivity contribution >= 4 is 48.6 Å². The van der Waals surface area contributed by atoms with E-state index in [4.69, 9.17) is 5.73 Å². The first-order chi connectivity index (χ1) is 7.11. The minimum atomic E-state index is 0.619. The third kappa shape index (κ3) is 2.01. The molecule has 0 saturated carbocycles. The summed E-state index contributed by atoms with van der Waals surface area (Å²) in [5, 5.41) is 1.10. The molecule has 1 heterocycles. The molecule has 0 unspecified atom stereocenters. The van der Waals surface area contributed by atoms with Gasteiger partial charge in [-0.1, -0.05) is 22.9 Å². The third-order valence-electron chi connectivity index (χ3n) is 2.33. The topological polar surface area (TPSA) is 38.9 Å². The van der Waals surface area contributed by atoms with Crippen LogP contribution in [0.4, 0.5) is 5.82 Å². The number of hydrogen-bond acceptors (Lipinski definition) is 2. The molecule has 2 nitrogen and oxygen atoms in total. The normalized spacial score (nSPS) is 10.9. The lowest BCUT2D eigenvalue weighted by atomic mass is 10.1. The van der Waals surface area contributed by atoms with E-state index in [0.29, 0.717) is 5.82 Å². The van der Waals surface area contributed by atoms with Gasteiger partial charge in [-0.3, -0.25) is 0 Å². The molecular weight excluding hydrogens is 320 g/mol. The highest BCUT2D eigenvalue weighted by Gasteiger charge is 2.06. The number of nitrogens with zero attached hydrogens (tertiary/aromatic N) is 1. The molecule has 15 heavy (non-hydrogen) atoms. The van der Waals surface area contributed by atoms with Crippen LogP contribution >= 0.6 is 31.9 Å². The second-order valence-electron chi connectivity index (χ2n) is 3.35. The van der Waals surface area contributed by atoms with E-state index in [1.807, 2.05) is 12.1 Å². The minimum Gasteiger partial charge on any atom is -0.383 e.